The standard InChI is InChI=1S/C26H34BN5O7/c1-16(2)13-20(27-38-22(26(36)37-5)21(32(3)4)25(35)39-27)31-23(33)18(14-17-9-7-6-8-10-17)30-24(34)19-15-28-11-12-29-19/h6-12,15-16,18,20-22H,13-14H2,1-5H3,(H,30,34)(H,31,33)/t18-,20-,21+,22+/m0/s1. The van der Waals surface area contributed by atoms with E-state index in [2.05, 4.69) is 20.6 Å². The van der Waals surface area contributed by atoms with E-state index in [1.165, 1.54) is 30.6 Å². The van der Waals surface area contributed by atoms with Gasteiger partial charge in [0.2, 0.25) is 5.91 Å². The van der Waals surface area contributed by atoms with Crippen LogP contribution in [-0.2, 0) is 34.9 Å². The zero-order chi connectivity index (χ0) is 28.5. The lowest BCUT2D eigenvalue weighted by Crippen LogP contribution is -2.64. The molecule has 4 atom stereocenters. The molecule has 0 unspecified atom stereocenters. The summed E-state index contributed by atoms with van der Waals surface area (Å²) in [5, 5.41) is 5.61. The van der Waals surface area contributed by atoms with Crippen molar-refractivity contribution in [1.82, 2.24) is 25.5 Å². The SMILES string of the molecule is COC(=O)[C@@H]1OB([C@H](CC(C)C)NC(=O)[C@H](Cc2ccccc2)NC(=O)c2cnccn2)OC(=O)[C@@H]1N(C)C. The third-order valence-electron chi connectivity index (χ3n) is 6.11. The van der Waals surface area contributed by atoms with E-state index in [1.807, 2.05) is 44.2 Å². The van der Waals surface area contributed by atoms with Gasteiger partial charge in [0.15, 0.2) is 6.10 Å². The number of aromatic nitrogens is 2. The number of rotatable bonds is 11. The van der Waals surface area contributed by atoms with E-state index in [1.54, 1.807) is 14.1 Å². The molecule has 2 N–H and O–H groups in total. The van der Waals surface area contributed by atoms with Crippen LogP contribution in [0.1, 0.15) is 36.3 Å². The number of hydrogen-bond acceptors (Lipinski definition) is 10. The zero-order valence-electron chi connectivity index (χ0n) is 22.7. The molecule has 0 spiro atoms. The summed E-state index contributed by atoms with van der Waals surface area (Å²) in [5.74, 6) is -3.26. The fraction of sp³-hybridized carbons (Fsp3) is 0.462. The molecular formula is C26H34BN5O7. The average molecular weight is 539 g/mol. The summed E-state index contributed by atoms with van der Waals surface area (Å²) in [6.07, 6.45) is 3.42. The molecule has 2 aromatic rings. The second-order valence-electron chi connectivity index (χ2n) is 9.84. The molecule has 1 aliphatic rings. The maximum Gasteiger partial charge on any atom is 0.552 e. The van der Waals surface area contributed by atoms with E-state index in [0.717, 1.165) is 5.56 Å². The summed E-state index contributed by atoms with van der Waals surface area (Å²) in [7, 11) is 3.19. The molecule has 2 amide bonds. The molecule has 3 rings (SSSR count). The molecular weight excluding hydrogens is 505 g/mol. The van der Waals surface area contributed by atoms with Crippen molar-refractivity contribution >= 4 is 30.9 Å². The molecule has 0 saturated carbocycles. The minimum absolute atomic E-state index is 0.0577. The Morgan fingerprint density at radius 1 is 1.13 bits per heavy atom. The van der Waals surface area contributed by atoms with Crippen molar-refractivity contribution in [2.75, 3.05) is 21.2 Å². The van der Waals surface area contributed by atoms with Crippen molar-refractivity contribution in [3.8, 4) is 0 Å². The Kier molecular flexibility index (Phi) is 10.5. The Morgan fingerprint density at radius 3 is 2.44 bits per heavy atom. The molecule has 1 saturated heterocycles. The maximum atomic E-state index is 13.6. The molecule has 2 heterocycles. The molecule has 1 aromatic heterocycles. The zero-order valence-corrected chi connectivity index (χ0v) is 22.7. The highest BCUT2D eigenvalue weighted by molar-refractivity contribution is 6.50. The van der Waals surface area contributed by atoms with Crippen LogP contribution in [-0.4, -0.2) is 91.1 Å². The van der Waals surface area contributed by atoms with Crippen molar-refractivity contribution in [2.24, 2.45) is 5.92 Å². The monoisotopic (exact) mass is 539 g/mol. The van der Waals surface area contributed by atoms with E-state index < -0.39 is 55.0 Å². The molecule has 208 valence electrons. The number of nitrogens with zero attached hydrogens (tertiary/aromatic N) is 3. The Balaban J connectivity index is 1.85. The molecule has 39 heavy (non-hydrogen) atoms. The van der Waals surface area contributed by atoms with Gasteiger partial charge in [-0.2, -0.15) is 0 Å². The van der Waals surface area contributed by atoms with E-state index in [9.17, 15) is 19.2 Å². The van der Waals surface area contributed by atoms with Crippen LogP contribution < -0.4 is 10.6 Å². The quantitative estimate of drug-likeness (QED) is 0.304. The van der Waals surface area contributed by atoms with Gasteiger partial charge < -0.3 is 24.7 Å². The van der Waals surface area contributed by atoms with Crippen LogP contribution in [0.5, 0.6) is 0 Å². The summed E-state index contributed by atoms with van der Waals surface area (Å²) in [5.41, 5.74) is 0.875. The van der Waals surface area contributed by atoms with Gasteiger partial charge in [-0.05, 0) is 32.0 Å². The largest absolute Gasteiger partial charge is 0.552 e. The van der Waals surface area contributed by atoms with Crippen molar-refractivity contribution in [1.29, 1.82) is 0 Å². The normalized spacial score (nSPS) is 18.7. The number of nitrogens with one attached hydrogen (secondary N) is 2. The third kappa shape index (κ3) is 8.07. The van der Waals surface area contributed by atoms with Gasteiger partial charge in [-0.25, -0.2) is 9.78 Å². The average Bonchev–Trinajstić information content (AvgIpc) is 2.91. The second kappa shape index (κ2) is 13.8. The van der Waals surface area contributed by atoms with E-state index in [4.69, 9.17) is 14.0 Å². The predicted molar refractivity (Wildman–Crippen MR) is 141 cm³/mol. The van der Waals surface area contributed by atoms with Crippen LogP contribution in [0.15, 0.2) is 48.9 Å². The number of carbonyl (C=O) groups excluding carboxylic acids is 4. The predicted octanol–water partition coefficient (Wildman–Crippen LogP) is 0.421. The minimum atomic E-state index is -1.25. The summed E-state index contributed by atoms with van der Waals surface area (Å²) in [6, 6.07) is 7.19. The lowest BCUT2D eigenvalue weighted by Gasteiger charge is -2.38. The van der Waals surface area contributed by atoms with Crippen LogP contribution in [0.25, 0.3) is 0 Å². The van der Waals surface area contributed by atoms with Crippen molar-refractivity contribution in [3.63, 3.8) is 0 Å². The number of methoxy groups -OCH3 is 1. The molecule has 1 aromatic carbocycles. The number of amides is 2. The van der Waals surface area contributed by atoms with Crippen molar-refractivity contribution in [3.05, 3.63) is 60.2 Å². The Morgan fingerprint density at radius 2 is 1.85 bits per heavy atom. The topological polar surface area (TPSA) is 149 Å². The Labute approximate surface area is 227 Å². The van der Waals surface area contributed by atoms with Gasteiger partial charge in [-0.15, -0.1) is 0 Å². The number of ether oxygens (including phenoxy) is 1. The molecule has 12 nitrogen and oxygen atoms in total. The van der Waals surface area contributed by atoms with Crippen LogP contribution in [0.4, 0.5) is 0 Å². The number of esters is 1. The fourth-order valence-corrected chi connectivity index (χ4v) is 4.25. The van der Waals surface area contributed by atoms with Gasteiger partial charge in [-0.3, -0.25) is 24.3 Å². The molecule has 0 radical (unpaired) electrons. The minimum Gasteiger partial charge on any atom is -0.507 e. The Hall–Kier alpha value is -3.84. The van der Waals surface area contributed by atoms with Crippen LogP contribution >= 0.6 is 0 Å². The van der Waals surface area contributed by atoms with Gasteiger partial charge in [0, 0.05) is 18.8 Å². The first-order valence-corrected chi connectivity index (χ1v) is 12.6. The van der Waals surface area contributed by atoms with E-state index in [-0.39, 0.29) is 18.0 Å². The lowest BCUT2D eigenvalue weighted by atomic mass is 9.72. The summed E-state index contributed by atoms with van der Waals surface area (Å²) < 4.78 is 16.3. The second-order valence-corrected chi connectivity index (χ2v) is 9.84. The Bertz CT molecular complexity index is 1140. The van der Waals surface area contributed by atoms with Crippen LogP contribution in [0, 0.1) is 5.92 Å². The maximum absolute atomic E-state index is 13.6. The number of carbonyl (C=O) groups is 4. The number of benzene rings is 1. The van der Waals surface area contributed by atoms with E-state index in [0.29, 0.717) is 6.42 Å². The van der Waals surface area contributed by atoms with Gasteiger partial charge >= 0.3 is 19.1 Å². The highest BCUT2D eigenvalue weighted by Gasteiger charge is 2.51. The first-order valence-electron chi connectivity index (χ1n) is 12.6. The van der Waals surface area contributed by atoms with Gasteiger partial charge in [0.25, 0.3) is 5.91 Å². The van der Waals surface area contributed by atoms with Crippen molar-refractivity contribution < 1.29 is 33.2 Å². The summed E-state index contributed by atoms with van der Waals surface area (Å²) in [4.78, 5) is 61.3. The van der Waals surface area contributed by atoms with Gasteiger partial charge in [0.05, 0.1) is 19.2 Å². The molecule has 13 heteroatoms. The molecule has 1 aliphatic heterocycles. The first kappa shape index (κ1) is 29.7. The van der Waals surface area contributed by atoms with Crippen molar-refractivity contribution in [2.45, 2.75) is 50.8 Å². The number of likely N-dealkylation sites (N-methyl/N-ethyl adjacent to an activating group) is 1. The van der Waals surface area contributed by atoms with Crippen LogP contribution in [0.3, 0.4) is 0 Å². The lowest BCUT2D eigenvalue weighted by molar-refractivity contribution is -0.167. The first-order chi connectivity index (χ1) is 18.6. The van der Waals surface area contributed by atoms with Gasteiger partial charge in [0.1, 0.15) is 17.8 Å². The fourth-order valence-electron chi connectivity index (χ4n) is 4.25. The smallest absolute Gasteiger partial charge is 0.507 e. The number of hydrogen-bond donors (Lipinski definition) is 2. The third-order valence-corrected chi connectivity index (χ3v) is 6.11. The van der Waals surface area contributed by atoms with Gasteiger partial charge in [-0.1, -0.05) is 44.2 Å². The highest BCUT2D eigenvalue weighted by Crippen LogP contribution is 2.22. The van der Waals surface area contributed by atoms with E-state index >= 15 is 0 Å². The summed E-state index contributed by atoms with van der Waals surface area (Å²) >= 11 is 0. The molecule has 0 bridgehead atoms. The summed E-state index contributed by atoms with van der Waals surface area (Å²) in [6.45, 7) is 3.86. The van der Waals surface area contributed by atoms with Crippen LogP contribution in [0.2, 0.25) is 0 Å². The highest BCUT2D eigenvalue weighted by atomic mass is 16.7. The molecule has 0 aliphatic carbocycles. The molecule has 1 fully saturated rings.